The lowest BCUT2D eigenvalue weighted by Crippen LogP contribution is -2.55. The Balaban J connectivity index is 2.59. The van der Waals surface area contributed by atoms with Gasteiger partial charge in [-0.1, -0.05) is 0 Å². The largest absolute Gasteiger partial charge is 0.333 e. The lowest BCUT2D eigenvalue weighted by atomic mass is 10.2. The number of Topliss-reactive ketones (excluding diaryl/α,β-unsaturated/α-hetero) is 1. The van der Waals surface area contributed by atoms with Gasteiger partial charge in [0.05, 0.1) is 12.6 Å². The van der Waals surface area contributed by atoms with E-state index >= 15 is 0 Å². The maximum atomic E-state index is 11.6. The fourth-order valence-electron chi connectivity index (χ4n) is 1.46. The summed E-state index contributed by atoms with van der Waals surface area (Å²) in [4.78, 5) is 26.1. The Morgan fingerprint density at radius 2 is 2.15 bits per heavy atom. The molecule has 1 saturated heterocycles. The summed E-state index contributed by atoms with van der Waals surface area (Å²) in [5.74, 6) is 0.106. The molecule has 1 unspecified atom stereocenters. The molecular formula is C9H16N2O2. The third-order valence-corrected chi connectivity index (χ3v) is 2.47. The van der Waals surface area contributed by atoms with Crippen LogP contribution in [0.4, 0.5) is 0 Å². The highest BCUT2D eigenvalue weighted by molar-refractivity contribution is 5.87. The molecule has 0 aromatic heterocycles. The number of carbonyl (C=O) groups is 2. The van der Waals surface area contributed by atoms with Crippen molar-refractivity contribution in [3.8, 4) is 0 Å². The first kappa shape index (κ1) is 10.2. The SMILES string of the molecule is CC(=O)CN1CCN(C)C(C)C1=O. The molecule has 1 rings (SSSR count). The average Bonchev–Trinajstić information content (AvgIpc) is 2.06. The van der Waals surface area contributed by atoms with Crippen LogP contribution in [0.2, 0.25) is 0 Å². The molecule has 0 aromatic carbocycles. The Labute approximate surface area is 78.5 Å². The predicted octanol–water partition coefficient (Wildman–Crippen LogP) is -0.262. The van der Waals surface area contributed by atoms with Crippen molar-refractivity contribution in [2.45, 2.75) is 19.9 Å². The second-order valence-electron chi connectivity index (χ2n) is 3.62. The molecule has 0 saturated carbocycles. The van der Waals surface area contributed by atoms with Crippen LogP contribution in [0.3, 0.4) is 0 Å². The summed E-state index contributed by atoms with van der Waals surface area (Å²) in [6, 6.07) is -0.0897. The molecule has 13 heavy (non-hydrogen) atoms. The van der Waals surface area contributed by atoms with Crippen LogP contribution < -0.4 is 0 Å². The van der Waals surface area contributed by atoms with Gasteiger partial charge in [0, 0.05) is 13.1 Å². The van der Waals surface area contributed by atoms with E-state index in [1.807, 2.05) is 18.9 Å². The standard InChI is InChI=1S/C9H16N2O2/c1-7(12)6-11-5-4-10(3)8(2)9(11)13/h8H,4-6H2,1-3H3. The third kappa shape index (κ3) is 2.28. The fraction of sp³-hybridized carbons (Fsp3) is 0.778. The summed E-state index contributed by atoms with van der Waals surface area (Å²) >= 11 is 0. The van der Waals surface area contributed by atoms with Crippen molar-refractivity contribution >= 4 is 11.7 Å². The van der Waals surface area contributed by atoms with Gasteiger partial charge in [-0.05, 0) is 20.9 Å². The first-order chi connectivity index (χ1) is 6.02. The third-order valence-electron chi connectivity index (χ3n) is 2.47. The highest BCUT2D eigenvalue weighted by Crippen LogP contribution is 2.08. The molecule has 4 nitrogen and oxygen atoms in total. The zero-order valence-corrected chi connectivity index (χ0v) is 8.41. The van der Waals surface area contributed by atoms with Gasteiger partial charge in [-0.25, -0.2) is 0 Å². The van der Waals surface area contributed by atoms with Crippen molar-refractivity contribution in [2.75, 3.05) is 26.7 Å². The van der Waals surface area contributed by atoms with Gasteiger partial charge in [0.15, 0.2) is 0 Å². The number of hydrogen-bond donors (Lipinski definition) is 0. The molecule has 1 aliphatic rings. The van der Waals surface area contributed by atoms with Crippen LogP contribution in [0.15, 0.2) is 0 Å². The molecule has 0 aliphatic carbocycles. The predicted molar refractivity (Wildman–Crippen MR) is 49.4 cm³/mol. The minimum absolute atomic E-state index is 0.0464. The lowest BCUT2D eigenvalue weighted by molar-refractivity contribution is -0.142. The van der Waals surface area contributed by atoms with Gasteiger partial charge in [-0.3, -0.25) is 14.5 Å². The minimum Gasteiger partial charge on any atom is -0.333 e. The van der Waals surface area contributed by atoms with E-state index in [1.54, 1.807) is 4.90 Å². The topological polar surface area (TPSA) is 40.6 Å². The quantitative estimate of drug-likeness (QED) is 0.593. The van der Waals surface area contributed by atoms with E-state index in [0.717, 1.165) is 6.54 Å². The van der Waals surface area contributed by atoms with E-state index in [9.17, 15) is 9.59 Å². The van der Waals surface area contributed by atoms with Crippen LogP contribution in [0.1, 0.15) is 13.8 Å². The molecule has 1 amide bonds. The molecule has 0 N–H and O–H groups in total. The fourth-order valence-corrected chi connectivity index (χ4v) is 1.46. The molecule has 0 radical (unpaired) electrons. The maximum absolute atomic E-state index is 11.6. The van der Waals surface area contributed by atoms with Gasteiger partial charge >= 0.3 is 0 Å². The monoisotopic (exact) mass is 184 g/mol. The number of ketones is 1. The summed E-state index contributed by atoms with van der Waals surface area (Å²) in [6.07, 6.45) is 0. The Morgan fingerprint density at radius 3 is 2.69 bits per heavy atom. The first-order valence-electron chi connectivity index (χ1n) is 4.51. The van der Waals surface area contributed by atoms with Crippen LogP contribution in [-0.4, -0.2) is 54.2 Å². The Morgan fingerprint density at radius 1 is 1.54 bits per heavy atom. The molecule has 1 heterocycles. The molecule has 1 atom stereocenters. The second kappa shape index (κ2) is 3.87. The second-order valence-corrected chi connectivity index (χ2v) is 3.62. The highest BCUT2D eigenvalue weighted by atomic mass is 16.2. The van der Waals surface area contributed by atoms with Crippen molar-refractivity contribution in [3.05, 3.63) is 0 Å². The van der Waals surface area contributed by atoms with Gasteiger partial charge in [0.1, 0.15) is 5.78 Å². The van der Waals surface area contributed by atoms with E-state index in [4.69, 9.17) is 0 Å². The molecule has 74 valence electrons. The molecule has 4 heteroatoms. The number of rotatable bonds is 2. The summed E-state index contributed by atoms with van der Waals surface area (Å²) in [6.45, 7) is 5.15. The molecule has 0 bridgehead atoms. The normalized spacial score (nSPS) is 25.0. The molecular weight excluding hydrogens is 168 g/mol. The Hall–Kier alpha value is -0.900. The van der Waals surface area contributed by atoms with Crippen LogP contribution >= 0.6 is 0 Å². The van der Waals surface area contributed by atoms with Crippen LogP contribution in [0.25, 0.3) is 0 Å². The van der Waals surface area contributed by atoms with Gasteiger partial charge < -0.3 is 4.90 Å². The van der Waals surface area contributed by atoms with Gasteiger partial charge in [0.25, 0.3) is 0 Å². The Bertz CT molecular complexity index is 228. The smallest absolute Gasteiger partial charge is 0.240 e. The highest BCUT2D eigenvalue weighted by Gasteiger charge is 2.29. The van der Waals surface area contributed by atoms with E-state index < -0.39 is 0 Å². The van der Waals surface area contributed by atoms with E-state index in [1.165, 1.54) is 6.92 Å². The zero-order chi connectivity index (χ0) is 10.0. The summed E-state index contributed by atoms with van der Waals surface area (Å²) in [5.41, 5.74) is 0. The van der Waals surface area contributed by atoms with Crippen molar-refractivity contribution in [3.63, 3.8) is 0 Å². The molecule has 0 aromatic rings. The van der Waals surface area contributed by atoms with Gasteiger partial charge in [0.2, 0.25) is 5.91 Å². The van der Waals surface area contributed by atoms with Crippen LogP contribution in [-0.2, 0) is 9.59 Å². The van der Waals surface area contributed by atoms with Crippen LogP contribution in [0, 0.1) is 0 Å². The first-order valence-corrected chi connectivity index (χ1v) is 4.51. The number of piperazine rings is 1. The lowest BCUT2D eigenvalue weighted by Gasteiger charge is -2.36. The van der Waals surface area contributed by atoms with E-state index in [-0.39, 0.29) is 24.3 Å². The molecule has 1 aliphatic heterocycles. The van der Waals surface area contributed by atoms with Crippen molar-refractivity contribution in [2.24, 2.45) is 0 Å². The maximum Gasteiger partial charge on any atom is 0.240 e. The summed E-state index contributed by atoms with van der Waals surface area (Å²) in [7, 11) is 1.92. The van der Waals surface area contributed by atoms with E-state index in [2.05, 4.69) is 0 Å². The van der Waals surface area contributed by atoms with Crippen molar-refractivity contribution in [1.82, 2.24) is 9.80 Å². The summed E-state index contributed by atoms with van der Waals surface area (Å²) < 4.78 is 0. The number of nitrogens with zero attached hydrogens (tertiary/aromatic N) is 2. The van der Waals surface area contributed by atoms with Crippen LogP contribution in [0.5, 0.6) is 0 Å². The zero-order valence-electron chi connectivity index (χ0n) is 8.41. The molecule has 1 fully saturated rings. The van der Waals surface area contributed by atoms with Gasteiger partial charge in [-0.15, -0.1) is 0 Å². The number of amides is 1. The number of hydrogen-bond acceptors (Lipinski definition) is 3. The summed E-state index contributed by atoms with van der Waals surface area (Å²) in [5, 5.41) is 0. The van der Waals surface area contributed by atoms with Crippen molar-refractivity contribution < 1.29 is 9.59 Å². The Kier molecular flexibility index (Phi) is 3.03. The average molecular weight is 184 g/mol. The van der Waals surface area contributed by atoms with Gasteiger partial charge in [-0.2, -0.15) is 0 Å². The molecule has 0 spiro atoms. The minimum atomic E-state index is -0.0897. The van der Waals surface area contributed by atoms with Crippen molar-refractivity contribution in [1.29, 1.82) is 0 Å². The number of likely N-dealkylation sites (N-methyl/N-ethyl adjacent to an activating group) is 1. The number of carbonyl (C=O) groups excluding carboxylic acids is 2. The van der Waals surface area contributed by atoms with E-state index in [0.29, 0.717) is 6.54 Å².